The molecule has 1 aliphatic heterocycles. The number of benzene rings is 1. The average molecular weight is 336 g/mol. The van der Waals surface area contributed by atoms with Gasteiger partial charge in [0.1, 0.15) is 10.7 Å². The van der Waals surface area contributed by atoms with E-state index in [-0.39, 0.29) is 5.91 Å². The zero-order chi connectivity index (χ0) is 15.5. The summed E-state index contributed by atoms with van der Waals surface area (Å²) in [6.45, 7) is 2.56. The van der Waals surface area contributed by atoms with Crippen molar-refractivity contribution in [3.05, 3.63) is 40.4 Å². The summed E-state index contributed by atoms with van der Waals surface area (Å²) in [7, 11) is 1.95. The van der Waals surface area contributed by atoms with Gasteiger partial charge in [-0.1, -0.05) is 29.8 Å². The summed E-state index contributed by atoms with van der Waals surface area (Å²) in [5.74, 6) is 0.559. The second-order valence-corrected chi connectivity index (χ2v) is 6.75. The number of likely N-dealkylation sites (tertiary alicyclic amines) is 1. The van der Waals surface area contributed by atoms with E-state index in [4.69, 9.17) is 11.6 Å². The molecular weight excluding hydrogens is 318 g/mol. The van der Waals surface area contributed by atoms with E-state index in [9.17, 15) is 4.79 Å². The van der Waals surface area contributed by atoms with Crippen LogP contribution in [0, 0.1) is 5.92 Å². The van der Waals surface area contributed by atoms with E-state index in [1.165, 1.54) is 11.3 Å². The highest BCUT2D eigenvalue weighted by atomic mass is 35.5. The smallest absolute Gasteiger partial charge is 0.273 e. The SMILES string of the molecule is CNCC1CCN(C(=O)c2csc(-c3ccccc3Cl)n2)C1. The fourth-order valence-electron chi connectivity index (χ4n) is 2.76. The second kappa shape index (κ2) is 6.77. The quantitative estimate of drug-likeness (QED) is 0.933. The molecule has 0 radical (unpaired) electrons. The first-order valence-corrected chi connectivity index (χ1v) is 8.59. The highest BCUT2D eigenvalue weighted by Gasteiger charge is 2.27. The zero-order valence-corrected chi connectivity index (χ0v) is 14.0. The molecule has 0 spiro atoms. The van der Waals surface area contributed by atoms with E-state index in [1.807, 2.05) is 41.6 Å². The molecule has 1 atom stereocenters. The molecule has 1 aromatic carbocycles. The van der Waals surface area contributed by atoms with Gasteiger partial charge in [-0.2, -0.15) is 0 Å². The number of nitrogens with one attached hydrogen (secondary N) is 1. The standard InChI is InChI=1S/C16H18ClN3OS/c1-18-8-11-6-7-20(9-11)16(21)14-10-22-15(19-14)12-4-2-3-5-13(12)17/h2-5,10-11,18H,6-9H2,1H3. The van der Waals surface area contributed by atoms with Crippen LogP contribution >= 0.6 is 22.9 Å². The number of nitrogens with zero attached hydrogens (tertiary/aromatic N) is 2. The molecule has 1 saturated heterocycles. The van der Waals surface area contributed by atoms with Gasteiger partial charge in [0.2, 0.25) is 0 Å². The van der Waals surface area contributed by atoms with Crippen LogP contribution in [0.25, 0.3) is 10.6 Å². The molecule has 0 bridgehead atoms. The van der Waals surface area contributed by atoms with Crippen molar-refractivity contribution in [3.63, 3.8) is 0 Å². The maximum absolute atomic E-state index is 12.5. The normalized spacial score (nSPS) is 17.9. The molecule has 1 aromatic heterocycles. The minimum absolute atomic E-state index is 0.0214. The predicted molar refractivity (Wildman–Crippen MR) is 90.5 cm³/mol. The van der Waals surface area contributed by atoms with Gasteiger partial charge in [0.15, 0.2) is 0 Å². The van der Waals surface area contributed by atoms with Gasteiger partial charge in [-0.25, -0.2) is 4.98 Å². The van der Waals surface area contributed by atoms with Crippen molar-refractivity contribution in [2.24, 2.45) is 5.92 Å². The maximum atomic E-state index is 12.5. The lowest BCUT2D eigenvalue weighted by atomic mass is 10.1. The number of hydrogen-bond donors (Lipinski definition) is 1. The molecule has 2 aromatic rings. The first kappa shape index (κ1) is 15.5. The number of rotatable bonds is 4. The van der Waals surface area contributed by atoms with Gasteiger partial charge >= 0.3 is 0 Å². The van der Waals surface area contributed by atoms with E-state index < -0.39 is 0 Å². The lowest BCUT2D eigenvalue weighted by Crippen LogP contribution is -2.30. The van der Waals surface area contributed by atoms with E-state index >= 15 is 0 Å². The summed E-state index contributed by atoms with van der Waals surface area (Å²) < 4.78 is 0. The van der Waals surface area contributed by atoms with Crippen molar-refractivity contribution in [2.45, 2.75) is 6.42 Å². The Morgan fingerprint density at radius 2 is 2.32 bits per heavy atom. The third kappa shape index (κ3) is 3.16. The molecule has 1 aliphatic rings. The minimum atomic E-state index is 0.0214. The number of thiazole rings is 1. The van der Waals surface area contributed by atoms with Gasteiger partial charge in [-0.3, -0.25) is 4.79 Å². The van der Waals surface area contributed by atoms with Crippen LogP contribution in [0.5, 0.6) is 0 Å². The topological polar surface area (TPSA) is 45.2 Å². The monoisotopic (exact) mass is 335 g/mol. The van der Waals surface area contributed by atoms with Crippen molar-refractivity contribution in [1.29, 1.82) is 0 Å². The summed E-state index contributed by atoms with van der Waals surface area (Å²) in [5, 5.41) is 6.45. The Bertz CT molecular complexity index is 673. The van der Waals surface area contributed by atoms with Crippen molar-refractivity contribution >= 4 is 28.8 Å². The zero-order valence-electron chi connectivity index (χ0n) is 12.4. The molecule has 1 fully saturated rings. The predicted octanol–water partition coefficient (Wildman–Crippen LogP) is 3.15. The lowest BCUT2D eigenvalue weighted by molar-refractivity contribution is 0.0782. The van der Waals surface area contributed by atoms with E-state index in [0.717, 1.165) is 36.6 Å². The minimum Gasteiger partial charge on any atom is -0.337 e. The number of halogens is 1. The van der Waals surface area contributed by atoms with E-state index in [1.54, 1.807) is 0 Å². The average Bonchev–Trinajstić information content (AvgIpc) is 3.17. The Labute approximate surface area is 139 Å². The molecule has 4 nitrogen and oxygen atoms in total. The van der Waals surface area contributed by atoms with Crippen LogP contribution in [-0.4, -0.2) is 42.5 Å². The Morgan fingerprint density at radius 1 is 1.50 bits per heavy atom. The van der Waals surface area contributed by atoms with Gasteiger partial charge in [0.05, 0.1) is 5.02 Å². The number of carbonyl (C=O) groups is 1. The van der Waals surface area contributed by atoms with Crippen molar-refractivity contribution in [2.75, 3.05) is 26.7 Å². The Kier molecular flexibility index (Phi) is 4.76. The summed E-state index contributed by atoms with van der Waals surface area (Å²) in [5.41, 5.74) is 1.40. The van der Waals surface area contributed by atoms with Crippen molar-refractivity contribution in [3.8, 4) is 10.6 Å². The van der Waals surface area contributed by atoms with Gasteiger partial charge in [-0.05, 0) is 32.0 Å². The fourth-order valence-corrected chi connectivity index (χ4v) is 3.88. The molecule has 2 heterocycles. The third-order valence-corrected chi connectivity index (χ3v) is 5.10. The van der Waals surface area contributed by atoms with Gasteiger partial charge in [0, 0.05) is 24.0 Å². The molecule has 6 heteroatoms. The highest BCUT2D eigenvalue weighted by Crippen LogP contribution is 2.30. The second-order valence-electron chi connectivity index (χ2n) is 5.48. The van der Waals surface area contributed by atoms with Crippen LogP contribution in [0.4, 0.5) is 0 Å². The van der Waals surface area contributed by atoms with Crippen LogP contribution in [0.3, 0.4) is 0 Å². The van der Waals surface area contributed by atoms with Crippen molar-refractivity contribution < 1.29 is 4.79 Å². The molecule has 0 saturated carbocycles. The van der Waals surface area contributed by atoms with Crippen LogP contribution in [0.2, 0.25) is 5.02 Å². The van der Waals surface area contributed by atoms with Crippen LogP contribution in [0.1, 0.15) is 16.9 Å². The fraction of sp³-hybridized carbons (Fsp3) is 0.375. The lowest BCUT2D eigenvalue weighted by Gasteiger charge is -2.15. The van der Waals surface area contributed by atoms with E-state index in [0.29, 0.717) is 16.6 Å². The molecule has 1 unspecified atom stereocenters. The molecular formula is C16H18ClN3OS. The Morgan fingerprint density at radius 3 is 3.09 bits per heavy atom. The Balaban J connectivity index is 1.74. The van der Waals surface area contributed by atoms with Gasteiger partial charge < -0.3 is 10.2 Å². The first-order chi connectivity index (χ1) is 10.7. The summed E-state index contributed by atoms with van der Waals surface area (Å²) in [6, 6.07) is 7.57. The van der Waals surface area contributed by atoms with Crippen LogP contribution in [0.15, 0.2) is 29.6 Å². The number of carbonyl (C=O) groups excluding carboxylic acids is 1. The molecule has 0 aliphatic carbocycles. The molecule has 22 heavy (non-hydrogen) atoms. The molecule has 1 N–H and O–H groups in total. The maximum Gasteiger partial charge on any atom is 0.273 e. The summed E-state index contributed by atoms with van der Waals surface area (Å²) >= 11 is 7.65. The van der Waals surface area contributed by atoms with Crippen molar-refractivity contribution in [1.82, 2.24) is 15.2 Å². The number of hydrogen-bond acceptors (Lipinski definition) is 4. The number of amides is 1. The molecule has 1 amide bonds. The number of aromatic nitrogens is 1. The van der Waals surface area contributed by atoms with Gasteiger partial charge in [0.25, 0.3) is 5.91 Å². The van der Waals surface area contributed by atoms with E-state index in [2.05, 4.69) is 10.3 Å². The van der Waals surface area contributed by atoms with Gasteiger partial charge in [-0.15, -0.1) is 11.3 Å². The first-order valence-electron chi connectivity index (χ1n) is 7.33. The van der Waals surface area contributed by atoms with Crippen LogP contribution in [-0.2, 0) is 0 Å². The Hall–Kier alpha value is -1.43. The molecule has 3 rings (SSSR count). The largest absolute Gasteiger partial charge is 0.337 e. The summed E-state index contributed by atoms with van der Waals surface area (Å²) in [4.78, 5) is 18.9. The highest BCUT2D eigenvalue weighted by molar-refractivity contribution is 7.13. The summed E-state index contributed by atoms with van der Waals surface area (Å²) in [6.07, 6.45) is 1.05. The third-order valence-electron chi connectivity index (χ3n) is 3.89. The molecule has 116 valence electrons. The van der Waals surface area contributed by atoms with Crippen LogP contribution < -0.4 is 5.32 Å².